The van der Waals surface area contributed by atoms with Crippen molar-refractivity contribution < 1.29 is 4.74 Å². The van der Waals surface area contributed by atoms with Gasteiger partial charge in [-0.25, -0.2) is 0 Å². The predicted molar refractivity (Wildman–Crippen MR) is 91.0 cm³/mol. The Morgan fingerprint density at radius 3 is 2.19 bits per heavy atom. The Bertz CT molecular complexity index is 498. The maximum atomic E-state index is 5.12. The van der Waals surface area contributed by atoms with Gasteiger partial charge in [0.25, 0.3) is 0 Å². The molecule has 0 saturated carbocycles. The van der Waals surface area contributed by atoms with Crippen LogP contribution in [-0.2, 0) is 17.8 Å². The SMILES string of the molecule is COCc1ccc(CCN[C@H](C)c2ccccc2)cc1.Cl. The van der Waals surface area contributed by atoms with Crippen molar-refractivity contribution in [1.29, 1.82) is 0 Å². The lowest BCUT2D eigenvalue weighted by molar-refractivity contribution is 0.185. The van der Waals surface area contributed by atoms with E-state index in [1.54, 1.807) is 7.11 Å². The minimum atomic E-state index is 0. The minimum absolute atomic E-state index is 0. The van der Waals surface area contributed by atoms with Crippen molar-refractivity contribution in [2.75, 3.05) is 13.7 Å². The molecule has 0 amide bonds. The van der Waals surface area contributed by atoms with E-state index in [9.17, 15) is 0 Å². The average molecular weight is 306 g/mol. The highest BCUT2D eigenvalue weighted by molar-refractivity contribution is 5.85. The van der Waals surface area contributed by atoms with Gasteiger partial charge in [-0.05, 0) is 36.6 Å². The van der Waals surface area contributed by atoms with Crippen LogP contribution in [-0.4, -0.2) is 13.7 Å². The molecule has 2 rings (SSSR count). The van der Waals surface area contributed by atoms with Gasteiger partial charge in [0.1, 0.15) is 0 Å². The van der Waals surface area contributed by atoms with E-state index in [0.29, 0.717) is 12.6 Å². The second-order valence-electron chi connectivity index (χ2n) is 5.09. The Hall–Kier alpha value is -1.35. The normalized spacial score (nSPS) is 11.7. The lowest BCUT2D eigenvalue weighted by atomic mass is 10.1. The standard InChI is InChI=1S/C18H23NO.ClH/c1-15(18-6-4-3-5-7-18)19-13-12-16-8-10-17(11-9-16)14-20-2;/h3-11,15,19H,12-14H2,1-2H3;1H/t15-;/m1./s1. The van der Waals surface area contributed by atoms with E-state index in [0.717, 1.165) is 13.0 Å². The van der Waals surface area contributed by atoms with Crippen LogP contribution in [0.3, 0.4) is 0 Å². The Labute approximate surface area is 133 Å². The highest BCUT2D eigenvalue weighted by Gasteiger charge is 2.03. The van der Waals surface area contributed by atoms with Crippen molar-refractivity contribution in [3.8, 4) is 0 Å². The first-order chi connectivity index (χ1) is 9.79. The highest BCUT2D eigenvalue weighted by Crippen LogP contribution is 2.11. The fourth-order valence-corrected chi connectivity index (χ4v) is 2.26. The molecule has 0 aliphatic heterocycles. The summed E-state index contributed by atoms with van der Waals surface area (Å²) in [6.07, 6.45) is 1.05. The summed E-state index contributed by atoms with van der Waals surface area (Å²) >= 11 is 0. The monoisotopic (exact) mass is 305 g/mol. The molecule has 0 heterocycles. The van der Waals surface area contributed by atoms with Gasteiger partial charge >= 0.3 is 0 Å². The zero-order chi connectivity index (χ0) is 14.2. The maximum Gasteiger partial charge on any atom is 0.0713 e. The first kappa shape index (κ1) is 17.7. The van der Waals surface area contributed by atoms with Crippen molar-refractivity contribution in [2.45, 2.75) is 26.0 Å². The molecule has 2 nitrogen and oxygen atoms in total. The van der Waals surface area contributed by atoms with E-state index >= 15 is 0 Å². The van der Waals surface area contributed by atoms with E-state index in [-0.39, 0.29) is 12.4 Å². The molecule has 1 N–H and O–H groups in total. The van der Waals surface area contributed by atoms with E-state index < -0.39 is 0 Å². The molecule has 0 bridgehead atoms. The molecule has 0 saturated heterocycles. The zero-order valence-corrected chi connectivity index (χ0v) is 13.5. The summed E-state index contributed by atoms with van der Waals surface area (Å²) in [6, 6.07) is 19.6. The van der Waals surface area contributed by atoms with E-state index in [1.165, 1.54) is 16.7 Å². The largest absolute Gasteiger partial charge is 0.380 e. The highest BCUT2D eigenvalue weighted by atomic mass is 35.5. The molecule has 1 atom stereocenters. The summed E-state index contributed by atoms with van der Waals surface area (Å²) in [5, 5.41) is 3.56. The topological polar surface area (TPSA) is 21.3 Å². The molecular weight excluding hydrogens is 282 g/mol. The van der Waals surface area contributed by atoms with Crippen molar-refractivity contribution in [3.63, 3.8) is 0 Å². The van der Waals surface area contributed by atoms with Crippen molar-refractivity contribution in [3.05, 3.63) is 71.3 Å². The van der Waals surface area contributed by atoms with Gasteiger partial charge in [-0.15, -0.1) is 12.4 Å². The van der Waals surface area contributed by atoms with Gasteiger partial charge in [-0.3, -0.25) is 0 Å². The molecule has 0 unspecified atom stereocenters. The molecule has 2 aromatic carbocycles. The number of nitrogens with one attached hydrogen (secondary N) is 1. The van der Waals surface area contributed by atoms with Gasteiger partial charge in [-0.2, -0.15) is 0 Å². The molecule has 21 heavy (non-hydrogen) atoms. The van der Waals surface area contributed by atoms with Gasteiger partial charge < -0.3 is 10.1 Å². The van der Waals surface area contributed by atoms with Crippen molar-refractivity contribution >= 4 is 12.4 Å². The first-order valence-corrected chi connectivity index (χ1v) is 7.14. The fourth-order valence-electron chi connectivity index (χ4n) is 2.26. The van der Waals surface area contributed by atoms with Crippen LogP contribution in [0.4, 0.5) is 0 Å². The third-order valence-corrected chi connectivity index (χ3v) is 3.50. The number of benzene rings is 2. The number of ether oxygens (including phenoxy) is 1. The summed E-state index contributed by atoms with van der Waals surface area (Å²) in [5.74, 6) is 0. The van der Waals surface area contributed by atoms with E-state index in [2.05, 4.69) is 66.8 Å². The number of hydrogen-bond acceptors (Lipinski definition) is 2. The van der Waals surface area contributed by atoms with Crippen LogP contribution in [0.15, 0.2) is 54.6 Å². The van der Waals surface area contributed by atoms with Crippen LogP contribution < -0.4 is 5.32 Å². The van der Waals surface area contributed by atoms with Crippen LogP contribution in [0, 0.1) is 0 Å². The van der Waals surface area contributed by atoms with Crippen LogP contribution in [0.5, 0.6) is 0 Å². The molecule has 0 spiro atoms. The number of halogens is 1. The quantitative estimate of drug-likeness (QED) is 0.830. The third-order valence-electron chi connectivity index (χ3n) is 3.50. The molecule has 3 heteroatoms. The van der Waals surface area contributed by atoms with Gasteiger partial charge in [0, 0.05) is 13.2 Å². The van der Waals surface area contributed by atoms with Gasteiger partial charge in [-0.1, -0.05) is 54.6 Å². The molecular formula is C18H24ClNO. The zero-order valence-electron chi connectivity index (χ0n) is 12.7. The summed E-state index contributed by atoms with van der Waals surface area (Å²) < 4.78 is 5.12. The second-order valence-corrected chi connectivity index (χ2v) is 5.09. The molecule has 0 aromatic heterocycles. The summed E-state index contributed by atoms with van der Waals surface area (Å²) in [6.45, 7) is 3.88. The third kappa shape index (κ3) is 5.88. The Kier molecular flexibility index (Phi) is 8.06. The van der Waals surface area contributed by atoms with Crippen LogP contribution in [0.2, 0.25) is 0 Å². The lowest BCUT2D eigenvalue weighted by Crippen LogP contribution is -2.21. The molecule has 2 aromatic rings. The summed E-state index contributed by atoms with van der Waals surface area (Å²) in [4.78, 5) is 0. The van der Waals surface area contributed by atoms with Crippen LogP contribution in [0.1, 0.15) is 29.7 Å². The molecule has 114 valence electrons. The van der Waals surface area contributed by atoms with Crippen LogP contribution >= 0.6 is 12.4 Å². The van der Waals surface area contributed by atoms with Crippen LogP contribution in [0.25, 0.3) is 0 Å². The second kappa shape index (κ2) is 9.56. The van der Waals surface area contributed by atoms with Gasteiger partial charge in [0.2, 0.25) is 0 Å². The molecule has 0 aliphatic carbocycles. The fraction of sp³-hybridized carbons (Fsp3) is 0.333. The summed E-state index contributed by atoms with van der Waals surface area (Å²) in [5.41, 5.74) is 3.92. The smallest absolute Gasteiger partial charge is 0.0713 e. The average Bonchev–Trinajstić information content (AvgIpc) is 2.50. The van der Waals surface area contributed by atoms with Gasteiger partial charge in [0.05, 0.1) is 6.61 Å². The van der Waals surface area contributed by atoms with Gasteiger partial charge in [0.15, 0.2) is 0 Å². The lowest BCUT2D eigenvalue weighted by Gasteiger charge is -2.14. The Morgan fingerprint density at radius 1 is 0.952 bits per heavy atom. The van der Waals surface area contributed by atoms with Crippen molar-refractivity contribution in [1.82, 2.24) is 5.32 Å². The minimum Gasteiger partial charge on any atom is -0.380 e. The summed E-state index contributed by atoms with van der Waals surface area (Å²) in [7, 11) is 1.73. The number of rotatable bonds is 7. The van der Waals surface area contributed by atoms with E-state index in [4.69, 9.17) is 4.74 Å². The molecule has 0 fully saturated rings. The Balaban J connectivity index is 0.00000220. The van der Waals surface area contributed by atoms with E-state index in [1.807, 2.05) is 0 Å². The molecule has 0 aliphatic rings. The first-order valence-electron chi connectivity index (χ1n) is 7.14. The molecule has 0 radical (unpaired) electrons. The Morgan fingerprint density at radius 2 is 1.57 bits per heavy atom. The van der Waals surface area contributed by atoms with Crippen molar-refractivity contribution in [2.24, 2.45) is 0 Å². The number of hydrogen-bond donors (Lipinski definition) is 1. The predicted octanol–water partition coefficient (Wildman–Crippen LogP) is 4.15. The maximum absolute atomic E-state index is 5.12. The number of methoxy groups -OCH3 is 1.